The zero-order chi connectivity index (χ0) is 21.8. The lowest BCUT2D eigenvalue weighted by atomic mass is 10.2. The molecule has 8 heteroatoms. The Hall–Kier alpha value is -3.23. The minimum atomic E-state index is -3.81. The van der Waals surface area contributed by atoms with Crippen LogP contribution in [0.2, 0.25) is 0 Å². The van der Waals surface area contributed by atoms with Crippen molar-refractivity contribution in [2.75, 3.05) is 0 Å². The molecule has 0 bridgehead atoms. The Morgan fingerprint density at radius 3 is 2.58 bits per heavy atom. The Labute approximate surface area is 180 Å². The Morgan fingerprint density at radius 2 is 1.87 bits per heavy atom. The van der Waals surface area contributed by atoms with E-state index in [4.69, 9.17) is 4.42 Å². The van der Waals surface area contributed by atoms with Crippen molar-refractivity contribution in [2.45, 2.75) is 31.5 Å². The highest BCUT2D eigenvalue weighted by Crippen LogP contribution is 2.22. The van der Waals surface area contributed by atoms with E-state index in [1.165, 1.54) is 22.7 Å². The molecule has 0 aliphatic rings. The predicted octanol–water partition coefficient (Wildman–Crippen LogP) is 4.36. The molecular formula is C23H22FN3O3S. The average molecular weight is 440 g/mol. The third-order valence-electron chi connectivity index (χ3n) is 4.93. The number of rotatable bonds is 8. The first-order chi connectivity index (χ1) is 14.9. The highest BCUT2D eigenvalue weighted by molar-refractivity contribution is 7.89. The highest BCUT2D eigenvalue weighted by Gasteiger charge is 2.27. The molecule has 0 aliphatic carbocycles. The Balaban J connectivity index is 1.64. The zero-order valence-electron chi connectivity index (χ0n) is 17.0. The average Bonchev–Trinajstić information content (AvgIpc) is 3.40. The molecule has 6 nitrogen and oxygen atoms in total. The van der Waals surface area contributed by atoms with Gasteiger partial charge in [-0.1, -0.05) is 29.8 Å². The molecule has 0 N–H and O–H groups in total. The molecule has 4 aromatic rings. The number of furan rings is 1. The minimum absolute atomic E-state index is 0.0409. The summed E-state index contributed by atoms with van der Waals surface area (Å²) in [7, 11) is -3.81. The summed E-state index contributed by atoms with van der Waals surface area (Å²) in [5, 5.41) is 0. The maximum atomic E-state index is 13.6. The van der Waals surface area contributed by atoms with E-state index in [1.54, 1.807) is 54.9 Å². The van der Waals surface area contributed by atoms with Crippen molar-refractivity contribution >= 4 is 10.0 Å². The van der Waals surface area contributed by atoms with Crippen LogP contribution in [-0.4, -0.2) is 22.3 Å². The van der Waals surface area contributed by atoms with Gasteiger partial charge in [0.25, 0.3) is 0 Å². The number of hydrogen-bond acceptors (Lipinski definition) is 4. The highest BCUT2D eigenvalue weighted by atomic mass is 32.2. The maximum Gasteiger partial charge on any atom is 0.243 e. The van der Waals surface area contributed by atoms with Gasteiger partial charge in [0.05, 0.1) is 24.2 Å². The Kier molecular flexibility index (Phi) is 6.01. The number of aromatic nitrogens is 2. The lowest BCUT2D eigenvalue weighted by Gasteiger charge is -2.22. The molecule has 31 heavy (non-hydrogen) atoms. The molecule has 0 radical (unpaired) electrons. The number of benzene rings is 2. The van der Waals surface area contributed by atoms with Gasteiger partial charge in [0.2, 0.25) is 10.0 Å². The van der Waals surface area contributed by atoms with E-state index in [0.29, 0.717) is 18.1 Å². The van der Waals surface area contributed by atoms with Gasteiger partial charge in [-0.3, -0.25) is 0 Å². The number of imidazole rings is 1. The first-order valence-electron chi connectivity index (χ1n) is 9.75. The summed E-state index contributed by atoms with van der Waals surface area (Å²) in [6, 6.07) is 16.5. The van der Waals surface area contributed by atoms with Gasteiger partial charge < -0.3 is 8.98 Å². The van der Waals surface area contributed by atoms with Crippen molar-refractivity contribution < 1.29 is 17.2 Å². The monoisotopic (exact) mass is 439 g/mol. The number of nitrogens with zero attached hydrogens (tertiary/aromatic N) is 3. The fraction of sp³-hybridized carbons (Fsp3) is 0.174. The molecule has 0 saturated heterocycles. The molecular weight excluding hydrogens is 417 g/mol. The van der Waals surface area contributed by atoms with Gasteiger partial charge >= 0.3 is 0 Å². The molecule has 0 atom stereocenters. The van der Waals surface area contributed by atoms with E-state index in [2.05, 4.69) is 4.98 Å². The third-order valence-corrected chi connectivity index (χ3v) is 6.74. The number of sulfonamides is 1. The van der Waals surface area contributed by atoms with E-state index in [0.717, 1.165) is 11.1 Å². The standard InChI is InChI=1S/C23H22FN3O3S/c1-18-7-9-22(10-8-18)31(28,29)27(16-21-6-3-13-30-21)17-23-25-11-12-26(23)15-19-4-2-5-20(24)14-19/h2-14H,15-17H2,1H3. The van der Waals surface area contributed by atoms with Gasteiger partial charge in [0, 0.05) is 18.9 Å². The first-order valence-corrected chi connectivity index (χ1v) is 11.2. The molecule has 0 amide bonds. The Morgan fingerprint density at radius 1 is 1.06 bits per heavy atom. The number of aryl methyl sites for hydroxylation is 1. The van der Waals surface area contributed by atoms with Gasteiger partial charge in [-0.15, -0.1) is 0 Å². The lowest BCUT2D eigenvalue weighted by molar-refractivity contribution is 0.348. The Bertz CT molecular complexity index is 1250. The van der Waals surface area contributed by atoms with Gasteiger partial charge in [-0.25, -0.2) is 17.8 Å². The lowest BCUT2D eigenvalue weighted by Crippen LogP contribution is -2.31. The molecule has 0 spiro atoms. The van der Waals surface area contributed by atoms with E-state index in [9.17, 15) is 12.8 Å². The van der Waals surface area contributed by atoms with Crippen LogP contribution in [0.25, 0.3) is 0 Å². The molecule has 160 valence electrons. The second kappa shape index (κ2) is 8.87. The topological polar surface area (TPSA) is 68.3 Å². The molecule has 0 unspecified atom stereocenters. The van der Waals surface area contributed by atoms with Gasteiger partial charge in [-0.05, 0) is 48.9 Å². The van der Waals surface area contributed by atoms with Crippen LogP contribution >= 0.6 is 0 Å². The molecule has 0 aliphatic heterocycles. The minimum Gasteiger partial charge on any atom is -0.468 e. The van der Waals surface area contributed by atoms with Crippen LogP contribution in [0, 0.1) is 12.7 Å². The zero-order valence-corrected chi connectivity index (χ0v) is 17.8. The van der Waals surface area contributed by atoms with Crippen molar-refractivity contribution in [1.82, 2.24) is 13.9 Å². The van der Waals surface area contributed by atoms with Crippen molar-refractivity contribution in [2.24, 2.45) is 0 Å². The SMILES string of the molecule is Cc1ccc(S(=O)(=O)N(Cc2ccco2)Cc2nccn2Cc2cccc(F)c2)cc1. The molecule has 4 rings (SSSR count). The summed E-state index contributed by atoms with van der Waals surface area (Å²) in [5.74, 6) is 0.756. The summed E-state index contributed by atoms with van der Waals surface area (Å²) in [4.78, 5) is 4.56. The van der Waals surface area contributed by atoms with Crippen molar-refractivity contribution in [3.05, 3.63) is 108 Å². The van der Waals surface area contributed by atoms with Crippen LogP contribution in [0.1, 0.15) is 22.7 Å². The van der Waals surface area contributed by atoms with Crippen molar-refractivity contribution in [3.63, 3.8) is 0 Å². The van der Waals surface area contributed by atoms with Crippen LogP contribution < -0.4 is 0 Å². The molecule has 0 fully saturated rings. The summed E-state index contributed by atoms with van der Waals surface area (Å²) in [6.45, 7) is 2.39. The molecule has 2 aromatic heterocycles. The van der Waals surface area contributed by atoms with Crippen molar-refractivity contribution in [3.8, 4) is 0 Å². The van der Waals surface area contributed by atoms with E-state index < -0.39 is 10.0 Å². The number of hydrogen-bond donors (Lipinski definition) is 0. The summed E-state index contributed by atoms with van der Waals surface area (Å²) < 4.78 is 48.9. The molecule has 2 heterocycles. The van der Waals surface area contributed by atoms with Crippen LogP contribution in [0.5, 0.6) is 0 Å². The second-order valence-electron chi connectivity index (χ2n) is 7.27. The summed E-state index contributed by atoms with van der Waals surface area (Å²) >= 11 is 0. The predicted molar refractivity (Wildman–Crippen MR) is 114 cm³/mol. The third kappa shape index (κ3) is 4.92. The van der Waals surface area contributed by atoms with Gasteiger partial charge in [0.1, 0.15) is 17.4 Å². The summed E-state index contributed by atoms with van der Waals surface area (Å²) in [6.07, 6.45) is 4.87. The fourth-order valence-electron chi connectivity index (χ4n) is 3.29. The van der Waals surface area contributed by atoms with Crippen molar-refractivity contribution in [1.29, 1.82) is 0 Å². The van der Waals surface area contributed by atoms with Crippen LogP contribution in [0.3, 0.4) is 0 Å². The maximum absolute atomic E-state index is 13.6. The largest absolute Gasteiger partial charge is 0.468 e. The van der Waals surface area contributed by atoms with Crippen LogP contribution in [0.15, 0.2) is 88.6 Å². The van der Waals surface area contributed by atoms with E-state index >= 15 is 0 Å². The van der Waals surface area contributed by atoms with E-state index in [1.807, 2.05) is 17.6 Å². The number of halogens is 1. The van der Waals surface area contributed by atoms with Gasteiger partial charge in [-0.2, -0.15) is 4.31 Å². The van der Waals surface area contributed by atoms with Gasteiger partial charge in [0.15, 0.2) is 0 Å². The molecule has 0 saturated carbocycles. The fourth-order valence-corrected chi connectivity index (χ4v) is 4.65. The molecule has 2 aromatic carbocycles. The smallest absolute Gasteiger partial charge is 0.243 e. The first kappa shape index (κ1) is 21.0. The second-order valence-corrected chi connectivity index (χ2v) is 9.20. The summed E-state index contributed by atoms with van der Waals surface area (Å²) in [5.41, 5.74) is 1.74. The quantitative estimate of drug-likeness (QED) is 0.409. The van der Waals surface area contributed by atoms with Crippen LogP contribution in [0.4, 0.5) is 4.39 Å². The van der Waals surface area contributed by atoms with Crippen LogP contribution in [-0.2, 0) is 29.7 Å². The normalized spacial score (nSPS) is 11.8. The van der Waals surface area contributed by atoms with E-state index in [-0.39, 0.29) is 23.8 Å².